The van der Waals surface area contributed by atoms with Crippen LogP contribution in [-0.2, 0) is 9.53 Å². The number of carbonyl (C=O) groups is 2. The zero-order valence-electron chi connectivity index (χ0n) is 26.7. The fraction of sp³-hybridized carbons (Fsp3) is 0.417. The van der Waals surface area contributed by atoms with Crippen LogP contribution in [0.1, 0.15) is 74.8 Å². The molecule has 0 spiro atoms. The van der Waals surface area contributed by atoms with Gasteiger partial charge in [0.05, 0.1) is 18.2 Å². The van der Waals surface area contributed by atoms with Crippen LogP contribution in [0.25, 0.3) is 11.1 Å². The van der Waals surface area contributed by atoms with Crippen molar-refractivity contribution in [1.82, 2.24) is 10.2 Å². The summed E-state index contributed by atoms with van der Waals surface area (Å²) in [6.45, 7) is 7.25. The van der Waals surface area contributed by atoms with Crippen LogP contribution >= 0.6 is 0 Å². The number of hydrogen-bond acceptors (Lipinski definition) is 5. The number of amidine groups is 1. The Hall–Kier alpha value is -4.54. The van der Waals surface area contributed by atoms with Crippen molar-refractivity contribution in [2.24, 2.45) is 16.3 Å². The number of rotatable bonds is 9. The van der Waals surface area contributed by atoms with Gasteiger partial charge >= 0.3 is 12.3 Å². The zero-order valence-corrected chi connectivity index (χ0v) is 26.7. The van der Waals surface area contributed by atoms with E-state index in [0.717, 1.165) is 31.2 Å². The van der Waals surface area contributed by atoms with Crippen LogP contribution in [0, 0.1) is 11.3 Å². The highest BCUT2D eigenvalue weighted by Crippen LogP contribution is 2.42. The van der Waals surface area contributed by atoms with E-state index in [1.807, 2.05) is 24.3 Å². The van der Waals surface area contributed by atoms with E-state index in [-0.39, 0.29) is 42.1 Å². The van der Waals surface area contributed by atoms with Gasteiger partial charge in [-0.3, -0.25) is 9.59 Å². The van der Waals surface area contributed by atoms with Gasteiger partial charge in [0.25, 0.3) is 11.9 Å². The van der Waals surface area contributed by atoms with Crippen molar-refractivity contribution in [2.45, 2.75) is 71.3 Å². The molecule has 47 heavy (non-hydrogen) atoms. The Morgan fingerprint density at radius 2 is 1.62 bits per heavy atom. The molecule has 1 unspecified atom stereocenters. The second kappa shape index (κ2) is 14.1. The van der Waals surface area contributed by atoms with Gasteiger partial charge < -0.3 is 24.8 Å². The molecule has 2 N–H and O–H groups in total. The summed E-state index contributed by atoms with van der Waals surface area (Å²) in [5.41, 5.74) is 3.46. The molecular formula is C36H40F3N3O5. The number of nitrogens with zero attached hydrogens (tertiary/aromatic N) is 2. The first kappa shape index (κ1) is 33.8. The largest absolute Gasteiger partial charge is 0.573 e. The molecule has 0 aromatic heterocycles. The summed E-state index contributed by atoms with van der Waals surface area (Å²) in [6, 6.07) is 20.9. The molecule has 0 radical (unpaired) electrons. The van der Waals surface area contributed by atoms with E-state index in [9.17, 15) is 22.8 Å². The first-order valence-corrected chi connectivity index (χ1v) is 15.8. The number of benzene rings is 3. The Kier molecular flexibility index (Phi) is 10.1. The van der Waals surface area contributed by atoms with Gasteiger partial charge in [0.2, 0.25) is 0 Å². The van der Waals surface area contributed by atoms with Gasteiger partial charge in [-0.25, -0.2) is 0 Å². The highest BCUT2D eigenvalue weighted by Gasteiger charge is 2.41. The van der Waals surface area contributed by atoms with E-state index in [2.05, 4.69) is 35.7 Å². The molecule has 1 atom stereocenters. The number of ether oxygens (including phenoxy) is 2. The van der Waals surface area contributed by atoms with Crippen molar-refractivity contribution < 1.29 is 37.3 Å². The quantitative estimate of drug-likeness (QED) is 0.242. The molecule has 1 saturated carbocycles. The van der Waals surface area contributed by atoms with Gasteiger partial charge in [0, 0.05) is 18.2 Å². The molecule has 1 saturated heterocycles. The lowest BCUT2D eigenvalue weighted by atomic mass is 9.71. The first-order chi connectivity index (χ1) is 22.3. The maximum absolute atomic E-state index is 12.8. The molecule has 1 amide bonds. The number of carboxylic acids is 1. The van der Waals surface area contributed by atoms with Crippen molar-refractivity contribution in [2.75, 3.05) is 13.2 Å². The maximum Gasteiger partial charge on any atom is 0.573 e. The molecule has 3 aromatic carbocycles. The van der Waals surface area contributed by atoms with Crippen LogP contribution < -0.4 is 10.1 Å². The average Bonchev–Trinajstić information content (AvgIpc) is 3.43. The third-order valence-corrected chi connectivity index (χ3v) is 8.90. The molecule has 0 bridgehead atoms. The third kappa shape index (κ3) is 8.84. The Bertz CT molecular complexity index is 1590. The maximum atomic E-state index is 12.8. The molecule has 5 rings (SSSR count). The van der Waals surface area contributed by atoms with E-state index in [1.165, 1.54) is 18.2 Å². The van der Waals surface area contributed by atoms with Crippen molar-refractivity contribution in [1.29, 1.82) is 0 Å². The highest BCUT2D eigenvalue weighted by atomic mass is 19.4. The molecule has 2 aliphatic rings. The summed E-state index contributed by atoms with van der Waals surface area (Å²) >= 11 is 0. The van der Waals surface area contributed by atoms with E-state index in [4.69, 9.17) is 14.8 Å². The molecule has 1 aliphatic carbocycles. The van der Waals surface area contributed by atoms with Crippen molar-refractivity contribution in [3.63, 3.8) is 0 Å². The van der Waals surface area contributed by atoms with Gasteiger partial charge in [-0.05, 0) is 90.1 Å². The lowest BCUT2D eigenvalue weighted by molar-refractivity contribution is -0.274. The Balaban J connectivity index is 1.40. The summed E-state index contributed by atoms with van der Waals surface area (Å²) in [5, 5.41) is 11.5. The number of aliphatic carboxylic acids is 1. The van der Waals surface area contributed by atoms with Crippen LogP contribution in [0.3, 0.4) is 0 Å². The van der Waals surface area contributed by atoms with Gasteiger partial charge in [-0.15, -0.1) is 13.2 Å². The second-order valence-corrected chi connectivity index (χ2v) is 13.1. The molecule has 250 valence electrons. The number of alkyl halides is 3. The first-order valence-electron chi connectivity index (χ1n) is 15.8. The summed E-state index contributed by atoms with van der Waals surface area (Å²) in [7, 11) is 0. The number of nitrogens with one attached hydrogen (secondary N) is 1. The topological polar surface area (TPSA) is 100 Å². The number of amides is 1. The summed E-state index contributed by atoms with van der Waals surface area (Å²) < 4.78 is 48.8. The lowest BCUT2D eigenvalue weighted by Crippen LogP contribution is -2.42. The lowest BCUT2D eigenvalue weighted by Gasteiger charge is -2.41. The fourth-order valence-corrected chi connectivity index (χ4v) is 6.40. The third-order valence-electron chi connectivity index (χ3n) is 8.90. The Morgan fingerprint density at radius 3 is 2.26 bits per heavy atom. The average molecular weight is 652 g/mol. The number of halogens is 3. The molecule has 8 nitrogen and oxygen atoms in total. The van der Waals surface area contributed by atoms with Gasteiger partial charge in [0.15, 0.2) is 0 Å². The van der Waals surface area contributed by atoms with E-state index in [0.29, 0.717) is 40.9 Å². The van der Waals surface area contributed by atoms with Gasteiger partial charge in [-0.2, -0.15) is 4.99 Å². The minimum atomic E-state index is -4.78. The molecule has 1 heterocycles. The SMILES string of the molecule is CC(C)(C)C1CCC(N2C(=Nc3cccc(-c4cccc(OC(F)(F)F)c4)c3)OCC2c2ccc(C(=O)NCCC(=O)O)cc2)CC1. The Morgan fingerprint density at radius 1 is 0.957 bits per heavy atom. The van der Waals surface area contributed by atoms with Crippen molar-refractivity contribution in [3.05, 3.63) is 83.9 Å². The predicted molar refractivity (Wildman–Crippen MR) is 172 cm³/mol. The monoisotopic (exact) mass is 651 g/mol. The van der Waals surface area contributed by atoms with Gasteiger partial charge in [0.1, 0.15) is 12.4 Å². The van der Waals surface area contributed by atoms with Crippen molar-refractivity contribution >= 4 is 23.6 Å². The normalized spacial score (nSPS) is 20.9. The van der Waals surface area contributed by atoms with E-state index >= 15 is 0 Å². The Labute approximate surface area is 272 Å². The summed E-state index contributed by atoms with van der Waals surface area (Å²) in [6.07, 6.45) is -0.849. The standard InChI is InChI=1S/C36H40F3N3O5/c1-35(2,3)27-14-16-29(17-15-27)42-31(23-10-12-24(13-11-23)33(45)40-19-18-32(43)44)22-46-34(42)41-28-8-4-6-25(20-28)26-7-5-9-30(21-26)47-36(37,38)39/h4-13,20-21,27,29,31H,14-19,22H2,1-3H3,(H,40,45)(H,43,44). The van der Waals surface area contributed by atoms with Crippen LogP contribution in [0.4, 0.5) is 18.9 Å². The van der Waals surface area contributed by atoms with Gasteiger partial charge in [-0.1, -0.05) is 57.2 Å². The van der Waals surface area contributed by atoms with Crippen molar-refractivity contribution in [3.8, 4) is 16.9 Å². The molecule has 11 heteroatoms. The molecule has 2 fully saturated rings. The highest BCUT2D eigenvalue weighted by molar-refractivity contribution is 5.94. The zero-order chi connectivity index (χ0) is 33.8. The molecule has 1 aliphatic heterocycles. The number of carbonyl (C=O) groups excluding carboxylic acids is 1. The predicted octanol–water partition coefficient (Wildman–Crippen LogP) is 8.12. The number of carboxylic acid groups (broad SMARTS) is 1. The second-order valence-electron chi connectivity index (χ2n) is 13.1. The number of hydrogen-bond donors (Lipinski definition) is 2. The van der Waals surface area contributed by atoms with E-state index < -0.39 is 12.3 Å². The van der Waals surface area contributed by atoms with Crippen LogP contribution in [0.15, 0.2) is 77.8 Å². The van der Waals surface area contributed by atoms with E-state index in [1.54, 1.807) is 30.3 Å². The molecular weight excluding hydrogens is 611 g/mol. The number of aliphatic imine (C=N–C) groups is 1. The fourth-order valence-electron chi connectivity index (χ4n) is 6.40. The summed E-state index contributed by atoms with van der Waals surface area (Å²) in [5.74, 6) is -1.01. The molecule has 3 aromatic rings. The smallest absolute Gasteiger partial charge is 0.481 e. The van der Waals surface area contributed by atoms with Crippen LogP contribution in [-0.4, -0.2) is 53.5 Å². The minimum absolute atomic E-state index is 0.0468. The van der Waals surface area contributed by atoms with Crippen LogP contribution in [0.5, 0.6) is 5.75 Å². The minimum Gasteiger partial charge on any atom is -0.481 e. The van der Waals surface area contributed by atoms with Crippen LogP contribution in [0.2, 0.25) is 0 Å². The summed E-state index contributed by atoms with van der Waals surface area (Å²) in [4.78, 5) is 30.5.